The van der Waals surface area contributed by atoms with E-state index in [1.54, 1.807) is 18.2 Å². The number of nitro groups is 1. The van der Waals surface area contributed by atoms with E-state index in [4.69, 9.17) is 11.0 Å². The normalized spacial score (nSPS) is 9.67. The molecule has 0 spiro atoms. The van der Waals surface area contributed by atoms with Crippen LogP contribution in [0.4, 0.5) is 17.1 Å². The standard InChI is InChI=1S/C14H10N4O3/c15-8-9-2-1-3-10(6-9)17-14(19)12-7-11(18(20)21)4-5-13(12)16/h1-7H,16H2,(H,17,19). The van der Waals surface area contributed by atoms with E-state index >= 15 is 0 Å². The maximum atomic E-state index is 12.1. The van der Waals surface area contributed by atoms with Gasteiger partial charge in [0.15, 0.2) is 0 Å². The first kappa shape index (κ1) is 14.0. The van der Waals surface area contributed by atoms with Crippen molar-refractivity contribution in [2.24, 2.45) is 0 Å². The molecule has 0 aliphatic carbocycles. The van der Waals surface area contributed by atoms with Crippen molar-refractivity contribution in [3.05, 3.63) is 63.7 Å². The minimum Gasteiger partial charge on any atom is -0.398 e. The molecule has 7 nitrogen and oxygen atoms in total. The predicted octanol–water partition coefficient (Wildman–Crippen LogP) is 2.30. The Balaban J connectivity index is 2.30. The summed E-state index contributed by atoms with van der Waals surface area (Å²) in [5.41, 5.74) is 6.38. The largest absolute Gasteiger partial charge is 0.398 e. The predicted molar refractivity (Wildman–Crippen MR) is 76.6 cm³/mol. The summed E-state index contributed by atoms with van der Waals surface area (Å²) in [5.74, 6) is -0.578. The molecule has 0 aliphatic heterocycles. The van der Waals surface area contributed by atoms with Crippen LogP contribution in [0.25, 0.3) is 0 Å². The molecule has 3 N–H and O–H groups in total. The number of anilines is 2. The third-order valence-corrected chi connectivity index (χ3v) is 2.74. The maximum Gasteiger partial charge on any atom is 0.270 e. The van der Waals surface area contributed by atoms with Gasteiger partial charge in [0, 0.05) is 23.5 Å². The molecule has 0 fully saturated rings. The van der Waals surface area contributed by atoms with Crippen LogP contribution in [0.1, 0.15) is 15.9 Å². The summed E-state index contributed by atoms with van der Waals surface area (Å²) in [6.07, 6.45) is 0. The second kappa shape index (κ2) is 5.71. The molecule has 0 bridgehead atoms. The maximum absolute atomic E-state index is 12.1. The summed E-state index contributed by atoms with van der Waals surface area (Å²) < 4.78 is 0. The summed E-state index contributed by atoms with van der Waals surface area (Å²) >= 11 is 0. The van der Waals surface area contributed by atoms with Crippen LogP contribution in [0.2, 0.25) is 0 Å². The Kier molecular flexibility index (Phi) is 3.81. The molecule has 0 saturated carbocycles. The second-order valence-corrected chi connectivity index (χ2v) is 4.18. The molecular formula is C14H10N4O3. The van der Waals surface area contributed by atoms with Crippen molar-refractivity contribution in [1.29, 1.82) is 5.26 Å². The number of carbonyl (C=O) groups is 1. The lowest BCUT2D eigenvalue weighted by Gasteiger charge is -2.07. The molecule has 0 saturated heterocycles. The molecule has 0 atom stereocenters. The highest BCUT2D eigenvalue weighted by Gasteiger charge is 2.15. The van der Waals surface area contributed by atoms with E-state index in [1.807, 2.05) is 6.07 Å². The highest BCUT2D eigenvalue weighted by atomic mass is 16.6. The van der Waals surface area contributed by atoms with Gasteiger partial charge in [-0.3, -0.25) is 14.9 Å². The molecule has 1 amide bonds. The van der Waals surface area contributed by atoms with Gasteiger partial charge in [0.1, 0.15) is 0 Å². The van der Waals surface area contributed by atoms with Crippen LogP contribution in [-0.2, 0) is 0 Å². The van der Waals surface area contributed by atoms with Crippen molar-refractivity contribution in [1.82, 2.24) is 0 Å². The van der Waals surface area contributed by atoms with Crippen molar-refractivity contribution in [2.45, 2.75) is 0 Å². The molecular weight excluding hydrogens is 272 g/mol. The van der Waals surface area contributed by atoms with Crippen LogP contribution in [0, 0.1) is 21.4 Å². The van der Waals surface area contributed by atoms with E-state index in [9.17, 15) is 14.9 Å². The van der Waals surface area contributed by atoms with E-state index in [0.717, 1.165) is 6.07 Å². The van der Waals surface area contributed by atoms with E-state index in [1.165, 1.54) is 18.2 Å². The lowest BCUT2D eigenvalue weighted by atomic mass is 10.1. The molecule has 104 valence electrons. The lowest BCUT2D eigenvalue weighted by Crippen LogP contribution is -2.14. The number of rotatable bonds is 3. The Labute approximate surface area is 119 Å². The third-order valence-electron chi connectivity index (χ3n) is 2.74. The molecule has 0 aromatic heterocycles. The number of nitrogen functional groups attached to an aromatic ring is 1. The number of amides is 1. The van der Waals surface area contributed by atoms with Crippen LogP contribution in [0.15, 0.2) is 42.5 Å². The monoisotopic (exact) mass is 282 g/mol. The Bertz CT molecular complexity index is 765. The van der Waals surface area contributed by atoms with Crippen molar-refractivity contribution in [3.8, 4) is 6.07 Å². The zero-order chi connectivity index (χ0) is 15.4. The fourth-order valence-electron chi connectivity index (χ4n) is 1.72. The molecule has 21 heavy (non-hydrogen) atoms. The number of benzene rings is 2. The minimum atomic E-state index is -0.605. The second-order valence-electron chi connectivity index (χ2n) is 4.18. The quantitative estimate of drug-likeness (QED) is 0.508. The first-order chi connectivity index (χ1) is 10.0. The van der Waals surface area contributed by atoms with Gasteiger partial charge in [-0.05, 0) is 24.3 Å². The smallest absolute Gasteiger partial charge is 0.270 e. The minimum absolute atomic E-state index is 0.00607. The summed E-state index contributed by atoms with van der Waals surface area (Å²) in [5, 5.41) is 22.1. The zero-order valence-electron chi connectivity index (χ0n) is 10.7. The number of nitrogens with two attached hydrogens (primary N) is 1. The van der Waals surface area contributed by atoms with Gasteiger partial charge in [0.2, 0.25) is 0 Å². The highest BCUT2D eigenvalue weighted by Crippen LogP contribution is 2.21. The molecule has 2 rings (SSSR count). The average Bonchev–Trinajstić information content (AvgIpc) is 2.47. The van der Waals surface area contributed by atoms with Gasteiger partial charge in [0.05, 0.1) is 22.1 Å². The van der Waals surface area contributed by atoms with Crippen molar-refractivity contribution in [2.75, 3.05) is 11.1 Å². The molecule has 0 heterocycles. The number of nitrogens with one attached hydrogen (secondary N) is 1. The number of nitro benzene ring substituents is 1. The Morgan fingerprint density at radius 2 is 2.05 bits per heavy atom. The number of carbonyl (C=O) groups excluding carboxylic acids is 1. The van der Waals surface area contributed by atoms with Gasteiger partial charge >= 0.3 is 0 Å². The molecule has 2 aromatic carbocycles. The van der Waals surface area contributed by atoms with E-state index in [2.05, 4.69) is 5.32 Å². The van der Waals surface area contributed by atoms with Crippen molar-refractivity contribution < 1.29 is 9.72 Å². The summed E-state index contributed by atoms with van der Waals surface area (Å²) in [6, 6.07) is 11.9. The zero-order valence-corrected chi connectivity index (χ0v) is 10.7. The Morgan fingerprint density at radius 3 is 2.71 bits per heavy atom. The molecule has 0 aliphatic rings. The van der Waals surface area contributed by atoms with Gasteiger partial charge in [-0.25, -0.2) is 0 Å². The highest BCUT2D eigenvalue weighted by molar-refractivity contribution is 6.08. The van der Waals surface area contributed by atoms with Gasteiger partial charge < -0.3 is 11.1 Å². The van der Waals surface area contributed by atoms with Gasteiger partial charge in [-0.15, -0.1) is 0 Å². The van der Waals surface area contributed by atoms with Crippen LogP contribution >= 0.6 is 0 Å². The van der Waals surface area contributed by atoms with Gasteiger partial charge in [0.25, 0.3) is 11.6 Å². The van der Waals surface area contributed by atoms with Gasteiger partial charge in [-0.2, -0.15) is 5.26 Å². The first-order valence-corrected chi connectivity index (χ1v) is 5.86. The molecule has 2 aromatic rings. The van der Waals surface area contributed by atoms with Crippen LogP contribution < -0.4 is 11.1 Å². The topological polar surface area (TPSA) is 122 Å². The number of hydrogen-bond donors (Lipinski definition) is 2. The van der Waals surface area contributed by atoms with Crippen LogP contribution in [-0.4, -0.2) is 10.8 Å². The Morgan fingerprint density at radius 1 is 1.29 bits per heavy atom. The van der Waals surface area contributed by atoms with E-state index in [-0.39, 0.29) is 16.9 Å². The fourth-order valence-corrected chi connectivity index (χ4v) is 1.72. The number of non-ortho nitro benzene ring substituents is 1. The van der Waals surface area contributed by atoms with Crippen LogP contribution in [0.5, 0.6) is 0 Å². The molecule has 7 heteroatoms. The third kappa shape index (κ3) is 3.13. The summed E-state index contributed by atoms with van der Waals surface area (Å²) in [4.78, 5) is 22.2. The van der Waals surface area contributed by atoms with E-state index < -0.39 is 10.8 Å². The summed E-state index contributed by atoms with van der Waals surface area (Å²) in [7, 11) is 0. The number of nitrogens with zero attached hydrogens (tertiary/aromatic N) is 2. The van der Waals surface area contributed by atoms with Gasteiger partial charge in [-0.1, -0.05) is 6.07 Å². The number of nitriles is 1. The number of hydrogen-bond acceptors (Lipinski definition) is 5. The lowest BCUT2D eigenvalue weighted by molar-refractivity contribution is -0.384. The van der Waals surface area contributed by atoms with E-state index in [0.29, 0.717) is 11.3 Å². The SMILES string of the molecule is N#Cc1cccc(NC(=O)c2cc([N+](=O)[O-])ccc2N)c1. The van der Waals surface area contributed by atoms with Crippen LogP contribution in [0.3, 0.4) is 0 Å². The average molecular weight is 282 g/mol. The Hall–Kier alpha value is -3.40. The molecule has 0 unspecified atom stereocenters. The fraction of sp³-hybridized carbons (Fsp3) is 0. The summed E-state index contributed by atoms with van der Waals surface area (Å²) in [6.45, 7) is 0. The van der Waals surface area contributed by atoms with Crippen molar-refractivity contribution >= 4 is 23.0 Å². The first-order valence-electron chi connectivity index (χ1n) is 5.86. The van der Waals surface area contributed by atoms with Crippen molar-refractivity contribution in [3.63, 3.8) is 0 Å². The molecule has 0 radical (unpaired) electrons.